The molecule has 22 heavy (non-hydrogen) atoms. The molecule has 0 saturated carbocycles. The molecule has 1 aromatic carbocycles. The minimum atomic E-state index is -0.377. The highest BCUT2D eigenvalue weighted by Crippen LogP contribution is 2.39. The highest BCUT2D eigenvalue weighted by Gasteiger charge is 2.16. The fourth-order valence-electron chi connectivity index (χ4n) is 1.93. The number of hydrogen-bond acceptors (Lipinski definition) is 6. The molecule has 2 rings (SSSR count). The molecule has 7 heteroatoms. The Labute approximate surface area is 128 Å². The van der Waals surface area contributed by atoms with Crippen LogP contribution in [0.25, 0.3) is 0 Å². The van der Waals surface area contributed by atoms with Gasteiger partial charge in [0.25, 0.3) is 5.91 Å². The molecule has 0 saturated heterocycles. The molecule has 1 N–H and O–H groups in total. The third-order valence-electron chi connectivity index (χ3n) is 3.06. The second-order valence-corrected chi connectivity index (χ2v) is 4.40. The standard InChI is InChI=1S/C15H18N2O5/c1-5-10-8-11(17-22-10)15(18)16-9-6-12(19-2)14(21-4)13(7-9)20-3/h6-8H,5H2,1-4H3,(H,16,18). The first-order valence-electron chi connectivity index (χ1n) is 6.69. The van der Waals surface area contributed by atoms with Crippen LogP contribution in [0.1, 0.15) is 23.2 Å². The molecule has 0 aliphatic rings. The molecule has 0 radical (unpaired) electrons. The van der Waals surface area contributed by atoms with Crippen LogP contribution in [-0.2, 0) is 6.42 Å². The molecule has 0 fully saturated rings. The van der Waals surface area contributed by atoms with E-state index >= 15 is 0 Å². The summed E-state index contributed by atoms with van der Waals surface area (Å²) in [5.41, 5.74) is 0.714. The molecule has 0 atom stereocenters. The Kier molecular flexibility index (Phi) is 4.88. The van der Waals surface area contributed by atoms with Crippen LogP contribution in [0.15, 0.2) is 22.7 Å². The molecule has 1 aromatic heterocycles. The van der Waals surface area contributed by atoms with Gasteiger partial charge in [-0.1, -0.05) is 12.1 Å². The van der Waals surface area contributed by atoms with Crippen LogP contribution < -0.4 is 19.5 Å². The van der Waals surface area contributed by atoms with Gasteiger partial charge >= 0.3 is 0 Å². The van der Waals surface area contributed by atoms with Crippen molar-refractivity contribution in [2.75, 3.05) is 26.6 Å². The van der Waals surface area contributed by atoms with Gasteiger partial charge in [-0.15, -0.1) is 0 Å². The molecule has 0 aliphatic heterocycles. The SMILES string of the molecule is CCc1cc(C(=O)Nc2cc(OC)c(OC)c(OC)c2)no1. The van der Waals surface area contributed by atoms with E-state index in [9.17, 15) is 4.79 Å². The number of ether oxygens (including phenoxy) is 3. The van der Waals surface area contributed by atoms with E-state index in [4.69, 9.17) is 18.7 Å². The lowest BCUT2D eigenvalue weighted by molar-refractivity contribution is 0.101. The van der Waals surface area contributed by atoms with Crippen LogP contribution in [0.4, 0.5) is 5.69 Å². The molecule has 0 aliphatic carbocycles. The molecule has 1 heterocycles. The van der Waals surface area contributed by atoms with Crippen LogP contribution >= 0.6 is 0 Å². The van der Waals surface area contributed by atoms with E-state index in [1.165, 1.54) is 21.3 Å². The second-order valence-electron chi connectivity index (χ2n) is 4.40. The zero-order valence-corrected chi connectivity index (χ0v) is 12.9. The summed E-state index contributed by atoms with van der Waals surface area (Å²) in [6.07, 6.45) is 0.671. The van der Waals surface area contributed by atoms with Gasteiger partial charge in [-0.05, 0) is 0 Å². The fourth-order valence-corrected chi connectivity index (χ4v) is 1.93. The summed E-state index contributed by atoms with van der Waals surface area (Å²) in [5.74, 6) is 1.63. The van der Waals surface area contributed by atoms with Crippen molar-refractivity contribution in [1.82, 2.24) is 5.16 Å². The molecule has 0 bridgehead atoms. The van der Waals surface area contributed by atoms with Crippen molar-refractivity contribution in [1.29, 1.82) is 0 Å². The van der Waals surface area contributed by atoms with Gasteiger partial charge in [0.15, 0.2) is 17.2 Å². The molecule has 1 amide bonds. The van der Waals surface area contributed by atoms with Crippen LogP contribution in [0.3, 0.4) is 0 Å². The number of methoxy groups -OCH3 is 3. The first kappa shape index (κ1) is 15.7. The van der Waals surface area contributed by atoms with Gasteiger partial charge in [-0.25, -0.2) is 0 Å². The van der Waals surface area contributed by atoms with Crippen molar-refractivity contribution in [3.05, 3.63) is 29.7 Å². The zero-order chi connectivity index (χ0) is 16.1. The zero-order valence-electron chi connectivity index (χ0n) is 12.9. The molecule has 0 unspecified atom stereocenters. The van der Waals surface area contributed by atoms with Crippen LogP contribution in [-0.4, -0.2) is 32.4 Å². The first-order chi connectivity index (χ1) is 10.6. The molecular formula is C15H18N2O5. The summed E-state index contributed by atoms with van der Waals surface area (Å²) >= 11 is 0. The normalized spacial score (nSPS) is 10.2. The molecule has 0 spiro atoms. The van der Waals surface area contributed by atoms with Gasteiger partial charge in [0.2, 0.25) is 5.75 Å². The van der Waals surface area contributed by atoms with Gasteiger partial charge in [-0.2, -0.15) is 0 Å². The maximum atomic E-state index is 12.2. The third-order valence-corrected chi connectivity index (χ3v) is 3.06. The lowest BCUT2D eigenvalue weighted by Crippen LogP contribution is -2.12. The smallest absolute Gasteiger partial charge is 0.277 e. The van der Waals surface area contributed by atoms with Crippen LogP contribution in [0, 0.1) is 0 Å². The van der Waals surface area contributed by atoms with Crippen molar-refractivity contribution in [3.63, 3.8) is 0 Å². The van der Waals surface area contributed by atoms with Gasteiger partial charge in [0, 0.05) is 30.3 Å². The number of amides is 1. The van der Waals surface area contributed by atoms with Gasteiger partial charge in [0.1, 0.15) is 5.76 Å². The van der Waals surface area contributed by atoms with Crippen molar-refractivity contribution >= 4 is 11.6 Å². The average molecular weight is 306 g/mol. The third kappa shape index (κ3) is 3.13. The summed E-state index contributed by atoms with van der Waals surface area (Å²) < 4.78 is 20.7. The number of nitrogens with one attached hydrogen (secondary N) is 1. The number of aromatic nitrogens is 1. The number of carbonyl (C=O) groups is 1. The van der Waals surface area contributed by atoms with Crippen molar-refractivity contribution in [2.45, 2.75) is 13.3 Å². The van der Waals surface area contributed by atoms with Crippen molar-refractivity contribution in [2.24, 2.45) is 0 Å². The van der Waals surface area contributed by atoms with E-state index in [1.54, 1.807) is 18.2 Å². The lowest BCUT2D eigenvalue weighted by Gasteiger charge is -2.14. The van der Waals surface area contributed by atoms with Crippen molar-refractivity contribution in [3.8, 4) is 17.2 Å². The Balaban J connectivity index is 2.27. The average Bonchev–Trinajstić information content (AvgIpc) is 3.03. The van der Waals surface area contributed by atoms with E-state index in [0.29, 0.717) is 35.1 Å². The Morgan fingerprint density at radius 1 is 1.14 bits per heavy atom. The number of carbonyl (C=O) groups excluding carboxylic acids is 1. The number of rotatable bonds is 6. The van der Waals surface area contributed by atoms with Crippen LogP contribution in [0.5, 0.6) is 17.2 Å². The number of aryl methyl sites for hydroxylation is 1. The molecule has 118 valence electrons. The number of nitrogens with zero attached hydrogens (tertiary/aromatic N) is 1. The Morgan fingerprint density at radius 2 is 1.77 bits per heavy atom. The van der Waals surface area contributed by atoms with E-state index in [1.807, 2.05) is 6.92 Å². The monoisotopic (exact) mass is 306 g/mol. The Morgan fingerprint density at radius 3 is 2.23 bits per heavy atom. The highest BCUT2D eigenvalue weighted by molar-refractivity contribution is 6.03. The Hall–Kier alpha value is -2.70. The number of hydrogen-bond donors (Lipinski definition) is 1. The molecule has 7 nitrogen and oxygen atoms in total. The number of anilines is 1. The number of benzene rings is 1. The highest BCUT2D eigenvalue weighted by atomic mass is 16.5. The van der Waals surface area contributed by atoms with E-state index in [0.717, 1.165) is 0 Å². The lowest BCUT2D eigenvalue weighted by atomic mass is 10.2. The van der Waals surface area contributed by atoms with Crippen molar-refractivity contribution < 1.29 is 23.5 Å². The van der Waals surface area contributed by atoms with E-state index in [-0.39, 0.29) is 11.6 Å². The second kappa shape index (κ2) is 6.84. The quantitative estimate of drug-likeness (QED) is 0.883. The fraction of sp³-hybridized carbons (Fsp3) is 0.333. The predicted molar refractivity (Wildman–Crippen MR) is 79.9 cm³/mol. The predicted octanol–water partition coefficient (Wildman–Crippen LogP) is 2.52. The summed E-state index contributed by atoms with van der Waals surface area (Å²) in [5, 5.41) is 6.45. The van der Waals surface area contributed by atoms with Crippen LogP contribution in [0.2, 0.25) is 0 Å². The van der Waals surface area contributed by atoms with Gasteiger partial charge < -0.3 is 24.1 Å². The molecule has 2 aromatic rings. The minimum Gasteiger partial charge on any atom is -0.493 e. The van der Waals surface area contributed by atoms with Gasteiger partial charge in [0.05, 0.1) is 21.3 Å². The maximum Gasteiger partial charge on any atom is 0.277 e. The summed E-state index contributed by atoms with van der Waals surface area (Å²) in [7, 11) is 4.53. The maximum absolute atomic E-state index is 12.2. The van der Waals surface area contributed by atoms with Gasteiger partial charge in [-0.3, -0.25) is 4.79 Å². The summed E-state index contributed by atoms with van der Waals surface area (Å²) in [4.78, 5) is 12.2. The van der Waals surface area contributed by atoms with E-state index < -0.39 is 0 Å². The minimum absolute atomic E-state index is 0.214. The van der Waals surface area contributed by atoms with E-state index in [2.05, 4.69) is 10.5 Å². The summed E-state index contributed by atoms with van der Waals surface area (Å²) in [6, 6.07) is 4.88. The first-order valence-corrected chi connectivity index (χ1v) is 6.69. The Bertz CT molecular complexity index is 641. The summed E-state index contributed by atoms with van der Waals surface area (Å²) in [6.45, 7) is 1.92. The molecular weight excluding hydrogens is 288 g/mol. The topological polar surface area (TPSA) is 82.8 Å². The largest absolute Gasteiger partial charge is 0.493 e.